The number of amides is 1. The molecule has 1 amide bonds. The fourth-order valence-corrected chi connectivity index (χ4v) is 2.64. The first-order valence-corrected chi connectivity index (χ1v) is 7.10. The van der Waals surface area contributed by atoms with Crippen LogP contribution in [0.2, 0.25) is 0 Å². The minimum atomic E-state index is -1.08. The number of rotatable bonds is 5. The van der Waals surface area contributed by atoms with Gasteiger partial charge in [-0.2, -0.15) is 0 Å². The summed E-state index contributed by atoms with van der Waals surface area (Å²) < 4.78 is 5.15. The zero-order chi connectivity index (χ0) is 14.6. The standard InChI is InChI=1S/C15H17NO3S/c1-15(18,13-8-5-9-20-13)10-16-14(17)11-6-3-4-7-12(11)19-2/h3-9,18H,10H2,1-2H3,(H,16,17)/t15-/m0/s1. The Balaban J connectivity index is 2.06. The van der Waals surface area contributed by atoms with E-state index in [1.165, 1.54) is 18.4 Å². The van der Waals surface area contributed by atoms with Crippen molar-refractivity contribution < 1.29 is 14.6 Å². The van der Waals surface area contributed by atoms with Gasteiger partial charge in [-0.15, -0.1) is 11.3 Å². The lowest BCUT2D eigenvalue weighted by Crippen LogP contribution is -2.38. The molecule has 0 saturated heterocycles. The summed E-state index contributed by atoms with van der Waals surface area (Å²) in [7, 11) is 1.52. The molecule has 0 unspecified atom stereocenters. The van der Waals surface area contributed by atoms with E-state index in [1.54, 1.807) is 31.2 Å². The van der Waals surface area contributed by atoms with E-state index >= 15 is 0 Å². The maximum absolute atomic E-state index is 12.1. The van der Waals surface area contributed by atoms with Crippen molar-refractivity contribution in [1.29, 1.82) is 0 Å². The van der Waals surface area contributed by atoms with Crippen LogP contribution < -0.4 is 10.1 Å². The second-order valence-corrected chi connectivity index (χ2v) is 5.58. The Morgan fingerprint density at radius 2 is 2.10 bits per heavy atom. The van der Waals surface area contributed by atoms with Crippen LogP contribution in [0.1, 0.15) is 22.2 Å². The first kappa shape index (κ1) is 14.6. The number of carbonyl (C=O) groups excluding carboxylic acids is 1. The highest BCUT2D eigenvalue weighted by molar-refractivity contribution is 7.10. The molecule has 0 aliphatic rings. The highest BCUT2D eigenvalue weighted by atomic mass is 32.1. The fraction of sp³-hybridized carbons (Fsp3) is 0.267. The monoisotopic (exact) mass is 291 g/mol. The second-order valence-electron chi connectivity index (χ2n) is 4.63. The predicted molar refractivity (Wildman–Crippen MR) is 79.2 cm³/mol. The molecule has 0 bridgehead atoms. The van der Waals surface area contributed by atoms with E-state index < -0.39 is 5.60 Å². The van der Waals surface area contributed by atoms with Crippen molar-refractivity contribution in [2.24, 2.45) is 0 Å². The smallest absolute Gasteiger partial charge is 0.255 e. The van der Waals surface area contributed by atoms with Crippen molar-refractivity contribution >= 4 is 17.2 Å². The highest BCUT2D eigenvalue weighted by Gasteiger charge is 2.25. The molecule has 0 fully saturated rings. The third-order valence-electron chi connectivity index (χ3n) is 3.00. The summed E-state index contributed by atoms with van der Waals surface area (Å²) in [6.07, 6.45) is 0. The van der Waals surface area contributed by atoms with Crippen LogP contribution in [0.5, 0.6) is 5.75 Å². The molecule has 0 saturated carbocycles. The maximum Gasteiger partial charge on any atom is 0.255 e. The molecule has 0 aliphatic carbocycles. The van der Waals surface area contributed by atoms with Gasteiger partial charge in [-0.05, 0) is 30.5 Å². The molecule has 2 rings (SSSR count). The van der Waals surface area contributed by atoms with Crippen molar-refractivity contribution in [3.63, 3.8) is 0 Å². The lowest BCUT2D eigenvalue weighted by Gasteiger charge is -2.22. The van der Waals surface area contributed by atoms with Crippen LogP contribution in [0.3, 0.4) is 0 Å². The minimum absolute atomic E-state index is 0.143. The van der Waals surface area contributed by atoms with Crippen LogP contribution in [0.25, 0.3) is 0 Å². The number of thiophene rings is 1. The van der Waals surface area contributed by atoms with Gasteiger partial charge in [-0.1, -0.05) is 18.2 Å². The molecule has 1 aromatic carbocycles. The van der Waals surface area contributed by atoms with Crippen LogP contribution in [0, 0.1) is 0 Å². The van der Waals surface area contributed by atoms with Crippen molar-refractivity contribution in [2.75, 3.05) is 13.7 Å². The Morgan fingerprint density at radius 3 is 2.75 bits per heavy atom. The third kappa shape index (κ3) is 3.18. The molecule has 1 aromatic heterocycles. The topological polar surface area (TPSA) is 58.6 Å². The molecule has 2 N–H and O–H groups in total. The van der Waals surface area contributed by atoms with E-state index in [-0.39, 0.29) is 12.5 Å². The molecule has 4 nitrogen and oxygen atoms in total. The van der Waals surface area contributed by atoms with Crippen LogP contribution >= 0.6 is 11.3 Å². The third-order valence-corrected chi connectivity index (χ3v) is 4.12. The van der Waals surface area contributed by atoms with E-state index in [9.17, 15) is 9.90 Å². The average Bonchev–Trinajstić information content (AvgIpc) is 3.00. The number of nitrogens with one attached hydrogen (secondary N) is 1. The Bertz CT molecular complexity index is 579. The molecule has 20 heavy (non-hydrogen) atoms. The summed E-state index contributed by atoms with van der Waals surface area (Å²) in [5, 5.41) is 15.0. The molecule has 5 heteroatoms. The van der Waals surface area contributed by atoms with Gasteiger partial charge in [0.25, 0.3) is 5.91 Å². The average molecular weight is 291 g/mol. The van der Waals surface area contributed by atoms with Gasteiger partial charge < -0.3 is 15.2 Å². The van der Waals surface area contributed by atoms with Gasteiger partial charge >= 0.3 is 0 Å². The minimum Gasteiger partial charge on any atom is -0.496 e. The van der Waals surface area contributed by atoms with Gasteiger partial charge in [-0.3, -0.25) is 4.79 Å². The Kier molecular flexibility index (Phi) is 4.42. The number of hydrogen-bond donors (Lipinski definition) is 2. The summed E-state index contributed by atoms with van der Waals surface area (Å²) >= 11 is 1.46. The SMILES string of the molecule is COc1ccccc1C(=O)NC[C@](C)(O)c1cccs1. The largest absolute Gasteiger partial charge is 0.496 e. The van der Waals surface area contributed by atoms with Crippen molar-refractivity contribution in [3.05, 3.63) is 52.2 Å². The molecule has 1 atom stereocenters. The normalized spacial score (nSPS) is 13.6. The van der Waals surface area contributed by atoms with Crippen LogP contribution in [0.4, 0.5) is 0 Å². The predicted octanol–water partition coefficient (Wildman–Crippen LogP) is 2.39. The number of ether oxygens (including phenoxy) is 1. The fourth-order valence-electron chi connectivity index (χ4n) is 1.85. The van der Waals surface area contributed by atoms with Crippen molar-refractivity contribution in [1.82, 2.24) is 5.32 Å². The zero-order valence-electron chi connectivity index (χ0n) is 11.4. The molecule has 0 spiro atoms. The van der Waals surface area contributed by atoms with E-state index in [1.807, 2.05) is 17.5 Å². The summed E-state index contributed by atoms with van der Waals surface area (Å²) in [6, 6.07) is 10.7. The molecule has 106 valence electrons. The van der Waals surface area contributed by atoms with Gasteiger partial charge in [0.15, 0.2) is 0 Å². The number of benzene rings is 1. The van der Waals surface area contributed by atoms with Gasteiger partial charge in [0, 0.05) is 4.88 Å². The number of methoxy groups -OCH3 is 1. The first-order chi connectivity index (χ1) is 9.54. The zero-order valence-corrected chi connectivity index (χ0v) is 12.2. The Morgan fingerprint density at radius 1 is 1.35 bits per heavy atom. The Labute approximate surface area is 122 Å². The number of para-hydroxylation sites is 1. The first-order valence-electron chi connectivity index (χ1n) is 6.22. The quantitative estimate of drug-likeness (QED) is 0.889. The lowest BCUT2D eigenvalue weighted by atomic mass is 10.0. The number of hydrogen-bond acceptors (Lipinski definition) is 4. The molecule has 2 aromatic rings. The van der Waals surface area contributed by atoms with Crippen LogP contribution in [-0.2, 0) is 5.60 Å². The van der Waals surface area contributed by atoms with Crippen LogP contribution in [-0.4, -0.2) is 24.7 Å². The van der Waals surface area contributed by atoms with E-state index in [0.29, 0.717) is 11.3 Å². The van der Waals surface area contributed by atoms with Gasteiger partial charge in [0.1, 0.15) is 11.4 Å². The van der Waals surface area contributed by atoms with Gasteiger partial charge in [0.2, 0.25) is 0 Å². The summed E-state index contributed by atoms with van der Waals surface area (Å²) in [6.45, 7) is 1.83. The summed E-state index contributed by atoms with van der Waals surface area (Å²) in [5.41, 5.74) is -0.622. The van der Waals surface area contributed by atoms with E-state index in [0.717, 1.165) is 4.88 Å². The maximum atomic E-state index is 12.1. The van der Waals surface area contributed by atoms with Gasteiger partial charge in [0.05, 0.1) is 19.2 Å². The van der Waals surface area contributed by atoms with E-state index in [2.05, 4.69) is 5.32 Å². The van der Waals surface area contributed by atoms with Gasteiger partial charge in [-0.25, -0.2) is 0 Å². The lowest BCUT2D eigenvalue weighted by molar-refractivity contribution is 0.0556. The molecule has 1 heterocycles. The van der Waals surface area contributed by atoms with E-state index in [4.69, 9.17) is 4.74 Å². The highest BCUT2D eigenvalue weighted by Crippen LogP contribution is 2.25. The molecular weight excluding hydrogens is 274 g/mol. The second kappa shape index (κ2) is 6.07. The summed E-state index contributed by atoms with van der Waals surface area (Å²) in [4.78, 5) is 13.0. The Hall–Kier alpha value is -1.85. The molecule has 0 aliphatic heterocycles. The van der Waals surface area contributed by atoms with Crippen molar-refractivity contribution in [3.8, 4) is 5.75 Å². The number of aliphatic hydroxyl groups is 1. The number of carbonyl (C=O) groups is 1. The molecule has 0 radical (unpaired) electrons. The van der Waals surface area contributed by atoms with Crippen LogP contribution in [0.15, 0.2) is 41.8 Å². The van der Waals surface area contributed by atoms with Crippen molar-refractivity contribution in [2.45, 2.75) is 12.5 Å². The molecular formula is C15H17NO3S. The summed E-state index contributed by atoms with van der Waals surface area (Å²) in [5.74, 6) is 0.250.